The molecule has 3 aromatic heterocycles. The maximum atomic E-state index is 4.66. The number of fused-ring (bicyclic) bond motifs is 1. The van der Waals surface area contributed by atoms with Crippen molar-refractivity contribution >= 4 is 22.7 Å². The largest absolute Gasteiger partial charge is 0.332 e. The first-order chi connectivity index (χ1) is 10.7. The van der Waals surface area contributed by atoms with Gasteiger partial charge in [-0.1, -0.05) is 27.2 Å². The van der Waals surface area contributed by atoms with Crippen LogP contribution in [0.1, 0.15) is 27.2 Å². The molecule has 116 valence electrons. The fraction of sp³-hybridized carbons (Fsp3) is 0.438. The summed E-state index contributed by atoms with van der Waals surface area (Å²) in [5, 5.41) is 10.9. The van der Waals surface area contributed by atoms with E-state index in [4.69, 9.17) is 0 Å². The number of rotatable bonds is 6. The van der Waals surface area contributed by atoms with Crippen molar-refractivity contribution in [3.8, 4) is 0 Å². The molecule has 0 fully saturated rings. The Morgan fingerprint density at radius 1 is 1.32 bits per heavy atom. The number of hydrogen-bond acceptors (Lipinski definition) is 4. The first-order valence-corrected chi connectivity index (χ1v) is 7.75. The first-order valence-electron chi connectivity index (χ1n) is 7.75. The van der Waals surface area contributed by atoms with Crippen molar-refractivity contribution in [3.05, 3.63) is 30.9 Å². The van der Waals surface area contributed by atoms with Crippen LogP contribution in [0.5, 0.6) is 0 Å². The van der Waals surface area contributed by atoms with Crippen LogP contribution in [0, 0.1) is 11.8 Å². The van der Waals surface area contributed by atoms with E-state index in [1.54, 1.807) is 12.4 Å². The molecular weight excluding hydrogens is 276 g/mol. The van der Waals surface area contributed by atoms with E-state index in [1.807, 2.05) is 6.20 Å². The molecule has 0 spiro atoms. The number of aromatic nitrogens is 5. The zero-order valence-corrected chi connectivity index (χ0v) is 13.2. The van der Waals surface area contributed by atoms with Gasteiger partial charge in [-0.2, -0.15) is 10.1 Å². The topological polar surface area (TPSA) is 71.4 Å². The summed E-state index contributed by atoms with van der Waals surface area (Å²) in [5.41, 5.74) is 1.83. The number of hydrogen-bond donors (Lipinski definition) is 2. The van der Waals surface area contributed by atoms with E-state index in [0.717, 1.165) is 23.3 Å². The molecule has 3 aromatic rings. The van der Waals surface area contributed by atoms with Gasteiger partial charge in [0.1, 0.15) is 5.65 Å². The molecule has 6 nitrogen and oxygen atoms in total. The van der Waals surface area contributed by atoms with Gasteiger partial charge in [0, 0.05) is 30.5 Å². The molecule has 0 bridgehead atoms. The van der Waals surface area contributed by atoms with E-state index in [2.05, 4.69) is 63.1 Å². The van der Waals surface area contributed by atoms with Gasteiger partial charge in [0.2, 0.25) is 5.95 Å². The van der Waals surface area contributed by atoms with Crippen molar-refractivity contribution < 1.29 is 0 Å². The summed E-state index contributed by atoms with van der Waals surface area (Å²) in [6.45, 7) is 7.79. The second-order valence-corrected chi connectivity index (χ2v) is 5.96. The maximum absolute atomic E-state index is 4.66. The van der Waals surface area contributed by atoms with E-state index < -0.39 is 0 Å². The number of nitrogens with zero attached hydrogens (tertiary/aromatic N) is 4. The molecule has 0 aliphatic rings. The molecule has 22 heavy (non-hydrogen) atoms. The molecule has 0 unspecified atom stereocenters. The Balaban J connectivity index is 1.88. The summed E-state index contributed by atoms with van der Waals surface area (Å²) in [6.07, 6.45) is 8.61. The van der Waals surface area contributed by atoms with Crippen LogP contribution >= 0.6 is 0 Å². The lowest BCUT2D eigenvalue weighted by molar-refractivity contribution is 0.328. The minimum absolute atomic E-state index is 0.589. The van der Waals surface area contributed by atoms with Gasteiger partial charge >= 0.3 is 0 Å². The van der Waals surface area contributed by atoms with Crippen molar-refractivity contribution in [2.45, 2.75) is 33.7 Å². The second-order valence-electron chi connectivity index (χ2n) is 5.96. The van der Waals surface area contributed by atoms with Crippen molar-refractivity contribution in [2.24, 2.45) is 11.8 Å². The van der Waals surface area contributed by atoms with E-state index in [0.29, 0.717) is 17.8 Å². The van der Waals surface area contributed by atoms with E-state index in [9.17, 15) is 0 Å². The molecule has 3 rings (SSSR count). The smallest absolute Gasteiger partial charge is 0.229 e. The molecule has 3 heterocycles. The second kappa shape index (κ2) is 6.17. The van der Waals surface area contributed by atoms with Crippen molar-refractivity contribution in [3.63, 3.8) is 0 Å². The summed E-state index contributed by atoms with van der Waals surface area (Å²) >= 11 is 0. The van der Waals surface area contributed by atoms with Crippen molar-refractivity contribution in [1.82, 2.24) is 24.7 Å². The molecule has 0 radical (unpaired) electrons. The van der Waals surface area contributed by atoms with Gasteiger partial charge in [-0.3, -0.25) is 5.10 Å². The van der Waals surface area contributed by atoms with Gasteiger partial charge in [-0.05, 0) is 17.9 Å². The lowest BCUT2D eigenvalue weighted by Crippen LogP contribution is -2.15. The molecule has 0 amide bonds. The minimum Gasteiger partial charge on any atom is -0.332 e. The third-order valence-electron chi connectivity index (χ3n) is 4.15. The summed E-state index contributed by atoms with van der Waals surface area (Å²) in [4.78, 5) is 9.01. The third kappa shape index (κ3) is 2.95. The summed E-state index contributed by atoms with van der Waals surface area (Å²) in [5.74, 6) is 1.90. The lowest BCUT2D eigenvalue weighted by Gasteiger charge is -2.20. The highest BCUT2D eigenvalue weighted by atomic mass is 15.2. The standard InChI is InChI=1S/C16H22N6/c1-4-12(11(2)3)10-22-6-5-13-7-17-16(21-15(13)22)20-14-8-18-19-9-14/h5-9,11-12H,4,10H2,1-3H3,(H,18,19)(H,17,20,21)/t12-/m1/s1. The normalized spacial score (nSPS) is 12.9. The lowest BCUT2D eigenvalue weighted by atomic mass is 9.93. The SMILES string of the molecule is CC[C@H](Cn1ccc2cnc(Nc3cn[nH]c3)nc21)C(C)C. The Hall–Kier alpha value is -2.37. The Morgan fingerprint density at radius 2 is 2.18 bits per heavy atom. The van der Waals surface area contributed by atoms with Crippen LogP contribution in [-0.4, -0.2) is 24.7 Å². The number of H-pyrrole nitrogens is 1. The Kier molecular flexibility index (Phi) is 4.09. The van der Waals surface area contributed by atoms with Crippen molar-refractivity contribution in [2.75, 3.05) is 5.32 Å². The average molecular weight is 298 g/mol. The van der Waals surface area contributed by atoms with Crippen molar-refractivity contribution in [1.29, 1.82) is 0 Å². The fourth-order valence-electron chi connectivity index (χ4n) is 2.69. The number of nitrogens with one attached hydrogen (secondary N) is 2. The van der Waals surface area contributed by atoms with Gasteiger partial charge < -0.3 is 9.88 Å². The van der Waals surface area contributed by atoms with E-state index >= 15 is 0 Å². The highest BCUT2D eigenvalue weighted by Gasteiger charge is 2.14. The van der Waals surface area contributed by atoms with Gasteiger partial charge in [-0.25, -0.2) is 4.98 Å². The maximum Gasteiger partial charge on any atom is 0.229 e. The molecule has 0 aliphatic heterocycles. The van der Waals surface area contributed by atoms with Crippen LogP contribution in [0.2, 0.25) is 0 Å². The molecular formula is C16H22N6. The Bertz CT molecular complexity index is 728. The zero-order valence-electron chi connectivity index (χ0n) is 13.2. The quantitative estimate of drug-likeness (QED) is 0.729. The minimum atomic E-state index is 0.589. The summed E-state index contributed by atoms with van der Waals surface area (Å²) in [6, 6.07) is 2.07. The predicted octanol–water partition coefficient (Wildman–Crippen LogP) is 3.58. The highest BCUT2D eigenvalue weighted by molar-refractivity contribution is 5.76. The van der Waals surface area contributed by atoms with Crippen LogP contribution in [0.4, 0.5) is 11.6 Å². The van der Waals surface area contributed by atoms with Gasteiger partial charge in [0.25, 0.3) is 0 Å². The van der Waals surface area contributed by atoms with Crippen LogP contribution < -0.4 is 5.32 Å². The predicted molar refractivity (Wildman–Crippen MR) is 88.0 cm³/mol. The fourth-order valence-corrected chi connectivity index (χ4v) is 2.69. The summed E-state index contributed by atoms with van der Waals surface area (Å²) < 4.78 is 2.23. The molecule has 0 aliphatic carbocycles. The average Bonchev–Trinajstić information content (AvgIpc) is 3.14. The number of anilines is 2. The first kappa shape index (κ1) is 14.6. The molecule has 0 saturated heterocycles. The highest BCUT2D eigenvalue weighted by Crippen LogP contribution is 2.22. The van der Waals surface area contributed by atoms with E-state index in [1.165, 1.54) is 6.42 Å². The van der Waals surface area contributed by atoms with Gasteiger partial charge in [0.05, 0.1) is 11.9 Å². The number of aromatic amines is 1. The van der Waals surface area contributed by atoms with Gasteiger partial charge in [-0.15, -0.1) is 0 Å². The zero-order chi connectivity index (χ0) is 15.5. The molecule has 0 saturated carbocycles. The Morgan fingerprint density at radius 3 is 2.86 bits per heavy atom. The molecule has 2 N–H and O–H groups in total. The third-order valence-corrected chi connectivity index (χ3v) is 4.15. The van der Waals surface area contributed by atoms with Crippen LogP contribution in [-0.2, 0) is 6.54 Å². The van der Waals surface area contributed by atoms with Crippen LogP contribution in [0.3, 0.4) is 0 Å². The Labute approximate surface area is 130 Å². The van der Waals surface area contributed by atoms with Crippen LogP contribution in [0.15, 0.2) is 30.9 Å². The molecule has 0 aromatic carbocycles. The monoisotopic (exact) mass is 298 g/mol. The van der Waals surface area contributed by atoms with Gasteiger partial charge in [0.15, 0.2) is 0 Å². The molecule has 1 atom stereocenters. The molecule has 6 heteroatoms. The van der Waals surface area contributed by atoms with Crippen LogP contribution in [0.25, 0.3) is 11.0 Å². The summed E-state index contributed by atoms with van der Waals surface area (Å²) in [7, 11) is 0. The van der Waals surface area contributed by atoms with E-state index in [-0.39, 0.29) is 0 Å².